The van der Waals surface area contributed by atoms with E-state index < -0.39 is 0 Å². The maximum Gasteiger partial charge on any atom is 0.161 e. The molecule has 0 amide bonds. The van der Waals surface area contributed by atoms with E-state index in [0.717, 1.165) is 68.2 Å². The fourth-order valence-corrected chi connectivity index (χ4v) is 6.55. The standard InChI is InChI=1S/C29H38N2O4.2BrH/c1-6-18-17-31-10-8-20-14-27(33-3)29(35-5)16-23(20)25(31)12-21(18)11-24-22-15-28(34-4)26(32-2)13-19(22)7-9-30-24;;/h13-16,24-25,30H,6-12,17H2,1-5H3;2*1H. The summed E-state index contributed by atoms with van der Waals surface area (Å²) in [5.41, 5.74) is 8.96. The van der Waals surface area contributed by atoms with Gasteiger partial charge in [-0.2, -0.15) is 0 Å². The van der Waals surface area contributed by atoms with Crippen molar-refractivity contribution in [3.63, 3.8) is 0 Å². The lowest BCUT2D eigenvalue weighted by molar-refractivity contribution is -0.931. The molecule has 0 radical (unpaired) electrons. The number of hydrogen-bond acceptors (Lipinski definition) is 4. The van der Waals surface area contributed by atoms with Crippen LogP contribution < -0.4 is 63.1 Å². The van der Waals surface area contributed by atoms with E-state index >= 15 is 0 Å². The Kier molecular flexibility index (Phi) is 10.4. The number of ether oxygens (including phenoxy) is 4. The van der Waals surface area contributed by atoms with Crippen molar-refractivity contribution in [3.05, 3.63) is 57.7 Å². The Morgan fingerprint density at radius 1 is 0.784 bits per heavy atom. The Hall–Kier alpha value is -1.74. The van der Waals surface area contributed by atoms with E-state index in [4.69, 9.17) is 18.9 Å². The molecule has 0 spiro atoms. The molecule has 2 aromatic rings. The first-order valence-corrected chi connectivity index (χ1v) is 13.0. The summed E-state index contributed by atoms with van der Waals surface area (Å²) in [5.74, 6) is 3.35. The zero-order chi connectivity index (χ0) is 24.5. The largest absolute Gasteiger partial charge is 1.00 e. The summed E-state index contributed by atoms with van der Waals surface area (Å²) in [4.78, 5) is 1.70. The number of nitrogens with one attached hydrogen (secondary N) is 1. The predicted octanol–water partition coefficient (Wildman–Crippen LogP) is -3.43. The first-order chi connectivity index (χ1) is 17.1. The highest BCUT2D eigenvalue weighted by atomic mass is 79.9. The highest BCUT2D eigenvalue weighted by molar-refractivity contribution is 5.50. The quantitative estimate of drug-likeness (QED) is 0.310. The van der Waals surface area contributed by atoms with Crippen LogP contribution in [-0.4, -0.2) is 48.1 Å². The summed E-state index contributed by atoms with van der Waals surface area (Å²) in [6, 6.07) is 9.75. The number of benzene rings is 2. The van der Waals surface area contributed by atoms with E-state index in [0.29, 0.717) is 12.1 Å². The maximum atomic E-state index is 5.68. The van der Waals surface area contributed by atoms with Crippen molar-refractivity contribution in [2.45, 2.75) is 51.1 Å². The van der Waals surface area contributed by atoms with Crippen LogP contribution in [0.2, 0.25) is 0 Å². The third-order valence-electron chi connectivity index (χ3n) is 8.42. The number of rotatable bonds is 7. The van der Waals surface area contributed by atoms with Crippen LogP contribution in [0.25, 0.3) is 0 Å². The van der Waals surface area contributed by atoms with E-state index in [2.05, 4.69) is 36.5 Å². The van der Waals surface area contributed by atoms with Crippen LogP contribution in [0.15, 0.2) is 35.4 Å². The molecule has 3 heterocycles. The molecular formula is C29H40Br2N2O4. The highest BCUT2D eigenvalue weighted by Gasteiger charge is 2.38. The van der Waals surface area contributed by atoms with Gasteiger partial charge in [-0.3, -0.25) is 0 Å². The van der Waals surface area contributed by atoms with Gasteiger partial charge in [-0.25, -0.2) is 0 Å². The molecule has 2 aromatic carbocycles. The molecule has 0 bridgehead atoms. The van der Waals surface area contributed by atoms with Crippen LogP contribution in [0.4, 0.5) is 0 Å². The zero-order valence-electron chi connectivity index (χ0n) is 22.6. The third-order valence-corrected chi connectivity index (χ3v) is 8.42. The SMILES string of the molecule is CCC1=C(CC2[NH2+]CCc3cc(OC)c(OC)cc32)CC2c3cc(OC)c(OC)cc3CC[NH+]2C1.[Br-].[Br-]. The van der Waals surface area contributed by atoms with Crippen LogP contribution in [0.5, 0.6) is 23.0 Å². The summed E-state index contributed by atoms with van der Waals surface area (Å²) in [6.07, 6.45) is 5.52. The van der Waals surface area contributed by atoms with Crippen molar-refractivity contribution in [2.24, 2.45) is 0 Å². The molecular weight excluding hydrogens is 600 g/mol. The van der Waals surface area contributed by atoms with Crippen molar-refractivity contribution < 1.29 is 63.1 Å². The summed E-state index contributed by atoms with van der Waals surface area (Å²) in [6.45, 7) is 5.77. The Morgan fingerprint density at radius 2 is 1.35 bits per heavy atom. The molecule has 3 unspecified atom stereocenters. The lowest BCUT2D eigenvalue weighted by Gasteiger charge is -2.40. The smallest absolute Gasteiger partial charge is 0.161 e. The Bertz CT molecular complexity index is 1140. The van der Waals surface area contributed by atoms with E-state index in [9.17, 15) is 0 Å². The summed E-state index contributed by atoms with van der Waals surface area (Å²) < 4.78 is 22.5. The van der Waals surface area contributed by atoms with E-state index in [-0.39, 0.29) is 34.0 Å². The second kappa shape index (κ2) is 12.9. The van der Waals surface area contributed by atoms with Crippen molar-refractivity contribution in [1.29, 1.82) is 0 Å². The normalized spacial score (nSPS) is 21.9. The van der Waals surface area contributed by atoms with Crippen LogP contribution >= 0.6 is 0 Å². The minimum atomic E-state index is 0. The molecule has 3 N–H and O–H groups in total. The molecule has 3 atom stereocenters. The Labute approximate surface area is 242 Å². The molecule has 3 aliphatic heterocycles. The summed E-state index contributed by atoms with van der Waals surface area (Å²) in [7, 11) is 6.91. The fourth-order valence-electron chi connectivity index (χ4n) is 6.55. The van der Waals surface area contributed by atoms with Crippen LogP contribution in [0.3, 0.4) is 0 Å². The summed E-state index contributed by atoms with van der Waals surface area (Å²) in [5, 5.41) is 2.52. The topological polar surface area (TPSA) is 58.0 Å². The van der Waals surface area contributed by atoms with Gasteiger partial charge in [0.05, 0.1) is 48.1 Å². The van der Waals surface area contributed by atoms with Gasteiger partial charge in [-0.05, 0) is 47.4 Å². The summed E-state index contributed by atoms with van der Waals surface area (Å²) >= 11 is 0. The van der Waals surface area contributed by atoms with Crippen molar-refractivity contribution >= 4 is 0 Å². The van der Waals surface area contributed by atoms with Crippen LogP contribution in [-0.2, 0) is 12.8 Å². The number of nitrogens with two attached hydrogens (primary N) is 1. The second-order valence-electron chi connectivity index (χ2n) is 10.0. The van der Waals surface area contributed by atoms with Gasteiger partial charge < -0.3 is 63.1 Å². The molecule has 0 fully saturated rings. The predicted molar refractivity (Wildman–Crippen MR) is 136 cm³/mol. The number of methoxy groups -OCH3 is 4. The van der Waals surface area contributed by atoms with Gasteiger partial charge in [0, 0.05) is 36.8 Å². The molecule has 0 saturated heterocycles. The minimum absolute atomic E-state index is 0. The molecule has 8 heteroatoms. The molecule has 0 aliphatic carbocycles. The van der Waals surface area contributed by atoms with E-state index in [1.54, 1.807) is 44.5 Å². The molecule has 5 rings (SSSR count). The number of halogens is 2. The van der Waals surface area contributed by atoms with Gasteiger partial charge in [-0.1, -0.05) is 12.5 Å². The minimum Gasteiger partial charge on any atom is -1.00 e. The van der Waals surface area contributed by atoms with Crippen molar-refractivity contribution in [1.82, 2.24) is 0 Å². The Morgan fingerprint density at radius 3 is 1.95 bits per heavy atom. The molecule has 0 saturated carbocycles. The lowest BCUT2D eigenvalue weighted by Crippen LogP contribution is -3.14. The van der Waals surface area contributed by atoms with Crippen molar-refractivity contribution in [2.75, 3.05) is 48.1 Å². The van der Waals surface area contributed by atoms with E-state index in [1.807, 2.05) is 0 Å². The third kappa shape index (κ3) is 5.68. The average Bonchev–Trinajstić information content (AvgIpc) is 2.91. The fraction of sp³-hybridized carbons (Fsp3) is 0.517. The highest BCUT2D eigenvalue weighted by Crippen LogP contribution is 2.40. The van der Waals surface area contributed by atoms with Crippen molar-refractivity contribution in [3.8, 4) is 23.0 Å². The van der Waals surface area contributed by atoms with E-state index in [1.165, 1.54) is 28.8 Å². The molecule has 204 valence electrons. The number of quaternary nitrogens is 2. The molecule has 3 aliphatic rings. The molecule has 0 aromatic heterocycles. The van der Waals surface area contributed by atoms with Gasteiger partial charge in [0.2, 0.25) is 0 Å². The first-order valence-electron chi connectivity index (χ1n) is 13.0. The number of hydrogen-bond donors (Lipinski definition) is 2. The monoisotopic (exact) mass is 638 g/mol. The Balaban J connectivity index is 0.00000190. The van der Waals surface area contributed by atoms with Gasteiger partial charge >= 0.3 is 0 Å². The zero-order valence-corrected chi connectivity index (χ0v) is 25.8. The average molecular weight is 640 g/mol. The van der Waals surface area contributed by atoms with Gasteiger partial charge in [0.25, 0.3) is 0 Å². The maximum absolute atomic E-state index is 5.68. The number of fused-ring (bicyclic) bond motifs is 4. The van der Waals surface area contributed by atoms with Gasteiger partial charge in [0.15, 0.2) is 23.0 Å². The molecule has 6 nitrogen and oxygen atoms in total. The van der Waals surface area contributed by atoms with Gasteiger partial charge in [-0.15, -0.1) is 0 Å². The second-order valence-corrected chi connectivity index (χ2v) is 10.0. The van der Waals surface area contributed by atoms with Crippen LogP contribution in [0.1, 0.15) is 60.5 Å². The first kappa shape index (κ1) is 29.8. The van der Waals surface area contributed by atoms with Gasteiger partial charge in [0.1, 0.15) is 12.1 Å². The van der Waals surface area contributed by atoms with Crippen LogP contribution in [0, 0.1) is 0 Å². The lowest BCUT2D eigenvalue weighted by atomic mass is 9.80. The molecule has 37 heavy (non-hydrogen) atoms.